The molecule has 1 atom stereocenters. The SMILES string of the molecule is Cl.O=C(NCCC1CCNC1)c1nn(-c2ccccc2)cc1O. The predicted molar refractivity (Wildman–Crippen MR) is 90.4 cm³/mol. The Morgan fingerprint density at radius 1 is 1.39 bits per heavy atom. The monoisotopic (exact) mass is 336 g/mol. The number of rotatable bonds is 5. The van der Waals surface area contributed by atoms with Crippen LogP contribution >= 0.6 is 12.4 Å². The van der Waals surface area contributed by atoms with E-state index >= 15 is 0 Å². The molecule has 2 aromatic rings. The van der Waals surface area contributed by atoms with Crippen LogP contribution in [0.5, 0.6) is 5.75 Å². The molecule has 1 aromatic carbocycles. The van der Waals surface area contributed by atoms with Crippen molar-refractivity contribution >= 4 is 18.3 Å². The number of para-hydroxylation sites is 1. The number of nitrogens with one attached hydrogen (secondary N) is 2. The second kappa shape index (κ2) is 7.99. The van der Waals surface area contributed by atoms with Gasteiger partial charge in [-0.1, -0.05) is 18.2 Å². The maximum Gasteiger partial charge on any atom is 0.275 e. The van der Waals surface area contributed by atoms with Gasteiger partial charge in [0.15, 0.2) is 11.4 Å². The summed E-state index contributed by atoms with van der Waals surface area (Å²) in [5, 5.41) is 20.2. The van der Waals surface area contributed by atoms with Crippen molar-refractivity contribution in [3.63, 3.8) is 0 Å². The first-order chi connectivity index (χ1) is 10.7. The molecule has 3 N–H and O–H groups in total. The minimum atomic E-state index is -0.335. The summed E-state index contributed by atoms with van der Waals surface area (Å²) in [7, 11) is 0. The summed E-state index contributed by atoms with van der Waals surface area (Å²) >= 11 is 0. The molecule has 0 bridgehead atoms. The smallest absolute Gasteiger partial charge is 0.275 e. The molecule has 0 saturated carbocycles. The Labute approximate surface area is 141 Å². The van der Waals surface area contributed by atoms with Gasteiger partial charge in [-0.2, -0.15) is 5.10 Å². The molecular weight excluding hydrogens is 316 g/mol. The van der Waals surface area contributed by atoms with Gasteiger partial charge < -0.3 is 15.7 Å². The molecule has 1 aliphatic heterocycles. The fourth-order valence-corrected chi connectivity index (χ4v) is 2.67. The number of carbonyl (C=O) groups is 1. The summed E-state index contributed by atoms with van der Waals surface area (Å²) in [5.41, 5.74) is 0.863. The zero-order valence-corrected chi connectivity index (χ0v) is 13.6. The van der Waals surface area contributed by atoms with E-state index in [4.69, 9.17) is 0 Å². The number of hydrogen-bond donors (Lipinski definition) is 3. The number of aromatic nitrogens is 2. The zero-order chi connectivity index (χ0) is 15.4. The van der Waals surface area contributed by atoms with Crippen LogP contribution < -0.4 is 10.6 Å². The Kier molecular flexibility index (Phi) is 6.01. The fourth-order valence-electron chi connectivity index (χ4n) is 2.67. The lowest BCUT2D eigenvalue weighted by Crippen LogP contribution is -2.27. The lowest BCUT2D eigenvalue weighted by molar-refractivity contribution is 0.0943. The first-order valence-corrected chi connectivity index (χ1v) is 7.57. The lowest BCUT2D eigenvalue weighted by atomic mass is 10.1. The summed E-state index contributed by atoms with van der Waals surface area (Å²) in [6.07, 6.45) is 3.55. The highest BCUT2D eigenvalue weighted by Crippen LogP contribution is 2.18. The van der Waals surface area contributed by atoms with E-state index in [1.54, 1.807) is 0 Å². The number of aromatic hydroxyl groups is 1. The molecule has 1 fully saturated rings. The minimum Gasteiger partial charge on any atom is -0.504 e. The molecule has 0 spiro atoms. The predicted octanol–water partition coefficient (Wildman–Crippen LogP) is 1.73. The number of nitrogens with zero attached hydrogens (tertiary/aromatic N) is 2. The van der Waals surface area contributed by atoms with Gasteiger partial charge in [0.05, 0.1) is 11.9 Å². The second-order valence-electron chi connectivity index (χ2n) is 5.55. The van der Waals surface area contributed by atoms with Crippen molar-refractivity contribution in [2.75, 3.05) is 19.6 Å². The molecule has 0 radical (unpaired) electrons. The highest BCUT2D eigenvalue weighted by atomic mass is 35.5. The van der Waals surface area contributed by atoms with Crippen LogP contribution in [0.4, 0.5) is 0 Å². The van der Waals surface area contributed by atoms with Crippen molar-refractivity contribution in [2.24, 2.45) is 5.92 Å². The number of halogens is 1. The molecule has 6 nitrogen and oxygen atoms in total. The number of benzene rings is 1. The Hall–Kier alpha value is -2.05. The average Bonchev–Trinajstić information content (AvgIpc) is 3.17. The van der Waals surface area contributed by atoms with Gasteiger partial charge in [0.1, 0.15) is 0 Å². The van der Waals surface area contributed by atoms with Crippen LogP contribution in [0.3, 0.4) is 0 Å². The van der Waals surface area contributed by atoms with Crippen LogP contribution in [-0.2, 0) is 0 Å². The standard InChI is InChI=1S/C16H20N4O2.ClH/c21-14-11-20(13-4-2-1-3-5-13)19-15(14)16(22)18-9-7-12-6-8-17-10-12;/h1-5,11-12,17,21H,6-10H2,(H,18,22);1H. The van der Waals surface area contributed by atoms with Crippen LogP contribution in [-0.4, -0.2) is 40.4 Å². The Balaban J connectivity index is 0.00000192. The number of hydrogen-bond acceptors (Lipinski definition) is 4. The quantitative estimate of drug-likeness (QED) is 0.777. The van der Waals surface area contributed by atoms with Crippen LogP contribution in [0.25, 0.3) is 5.69 Å². The fraction of sp³-hybridized carbons (Fsp3) is 0.375. The molecule has 7 heteroatoms. The van der Waals surface area contributed by atoms with Crippen LogP contribution in [0.15, 0.2) is 36.5 Å². The summed E-state index contributed by atoms with van der Waals surface area (Å²) in [6.45, 7) is 2.67. The van der Waals surface area contributed by atoms with Gasteiger partial charge in [-0.05, 0) is 44.0 Å². The number of amides is 1. The van der Waals surface area contributed by atoms with E-state index < -0.39 is 0 Å². The van der Waals surface area contributed by atoms with Gasteiger partial charge >= 0.3 is 0 Å². The van der Waals surface area contributed by atoms with Crippen molar-refractivity contribution in [3.8, 4) is 11.4 Å². The maximum atomic E-state index is 12.1. The third-order valence-electron chi connectivity index (χ3n) is 3.93. The molecule has 1 saturated heterocycles. The first kappa shape index (κ1) is 17.3. The third kappa shape index (κ3) is 4.24. The molecule has 2 heterocycles. The van der Waals surface area contributed by atoms with E-state index in [1.165, 1.54) is 10.9 Å². The van der Waals surface area contributed by atoms with Crippen molar-refractivity contribution in [1.82, 2.24) is 20.4 Å². The first-order valence-electron chi connectivity index (χ1n) is 7.57. The highest BCUT2D eigenvalue weighted by Gasteiger charge is 2.18. The van der Waals surface area contributed by atoms with Crippen LogP contribution in [0, 0.1) is 5.92 Å². The molecule has 0 aliphatic carbocycles. The highest BCUT2D eigenvalue weighted by molar-refractivity contribution is 5.94. The Morgan fingerprint density at radius 2 is 2.17 bits per heavy atom. The van der Waals surface area contributed by atoms with Crippen molar-refractivity contribution in [2.45, 2.75) is 12.8 Å². The van der Waals surface area contributed by atoms with Crippen LogP contribution in [0.1, 0.15) is 23.3 Å². The van der Waals surface area contributed by atoms with E-state index in [2.05, 4.69) is 15.7 Å². The van der Waals surface area contributed by atoms with Gasteiger partial charge in [0, 0.05) is 6.54 Å². The second-order valence-corrected chi connectivity index (χ2v) is 5.55. The molecule has 3 rings (SSSR count). The molecule has 124 valence electrons. The molecule has 23 heavy (non-hydrogen) atoms. The molecule has 1 aliphatic rings. The largest absolute Gasteiger partial charge is 0.504 e. The van der Waals surface area contributed by atoms with Gasteiger partial charge in [-0.25, -0.2) is 4.68 Å². The number of carbonyl (C=O) groups excluding carboxylic acids is 1. The van der Waals surface area contributed by atoms with Crippen molar-refractivity contribution < 1.29 is 9.90 Å². The summed E-state index contributed by atoms with van der Waals surface area (Å²) in [5.74, 6) is 0.179. The van der Waals surface area contributed by atoms with E-state index in [1.807, 2.05) is 30.3 Å². The summed E-state index contributed by atoms with van der Waals surface area (Å²) in [6, 6.07) is 9.38. The molecule has 1 amide bonds. The van der Waals surface area contributed by atoms with Gasteiger partial charge in [-0.3, -0.25) is 4.79 Å². The normalized spacial score (nSPS) is 16.8. The summed E-state index contributed by atoms with van der Waals surface area (Å²) in [4.78, 5) is 12.1. The zero-order valence-electron chi connectivity index (χ0n) is 12.7. The lowest BCUT2D eigenvalue weighted by Gasteiger charge is -2.08. The Bertz CT molecular complexity index is 639. The van der Waals surface area contributed by atoms with Gasteiger partial charge in [-0.15, -0.1) is 12.4 Å². The van der Waals surface area contributed by atoms with E-state index in [0.717, 1.165) is 31.6 Å². The minimum absolute atomic E-state index is 0. The van der Waals surface area contributed by atoms with Crippen molar-refractivity contribution in [1.29, 1.82) is 0 Å². The third-order valence-corrected chi connectivity index (χ3v) is 3.93. The van der Waals surface area contributed by atoms with Crippen molar-refractivity contribution in [3.05, 3.63) is 42.2 Å². The topological polar surface area (TPSA) is 79.2 Å². The molecule has 1 aromatic heterocycles. The van der Waals surface area contributed by atoms with Gasteiger partial charge in [0.25, 0.3) is 5.91 Å². The Morgan fingerprint density at radius 3 is 2.87 bits per heavy atom. The van der Waals surface area contributed by atoms with Gasteiger partial charge in [0.2, 0.25) is 0 Å². The average molecular weight is 337 g/mol. The van der Waals surface area contributed by atoms with E-state index in [0.29, 0.717) is 12.5 Å². The van der Waals surface area contributed by atoms with E-state index in [9.17, 15) is 9.90 Å². The van der Waals surface area contributed by atoms with Crippen LogP contribution in [0.2, 0.25) is 0 Å². The maximum absolute atomic E-state index is 12.1. The molecular formula is C16H21ClN4O2. The molecule has 1 unspecified atom stereocenters. The summed E-state index contributed by atoms with van der Waals surface area (Å²) < 4.78 is 1.51. The van der Waals surface area contributed by atoms with E-state index in [-0.39, 0.29) is 29.8 Å².